The zero-order valence-electron chi connectivity index (χ0n) is 17.4. The molecule has 1 amide bonds. The van der Waals surface area contributed by atoms with Crippen LogP contribution in [-0.2, 0) is 24.4 Å². The fourth-order valence-electron chi connectivity index (χ4n) is 4.14. The summed E-state index contributed by atoms with van der Waals surface area (Å²) < 4.78 is 40.8. The van der Waals surface area contributed by atoms with Crippen molar-refractivity contribution in [3.05, 3.63) is 53.1 Å². The molecule has 1 heterocycles. The van der Waals surface area contributed by atoms with E-state index in [4.69, 9.17) is 0 Å². The molecule has 2 unspecified atom stereocenters. The summed E-state index contributed by atoms with van der Waals surface area (Å²) in [6.45, 7) is 1.87. The molecule has 0 N–H and O–H groups in total. The van der Waals surface area contributed by atoms with Crippen LogP contribution in [0.5, 0.6) is 0 Å². The zero-order valence-corrected chi connectivity index (χ0v) is 17.4. The molecule has 1 fully saturated rings. The number of halogens is 3. The van der Waals surface area contributed by atoms with Crippen LogP contribution in [0.25, 0.3) is 0 Å². The lowest BCUT2D eigenvalue weighted by Crippen LogP contribution is -2.41. The Bertz CT molecular complexity index is 916. The maximum Gasteiger partial charge on any atom is 0.416 e. The Kier molecular flexibility index (Phi) is 6.33. The van der Waals surface area contributed by atoms with E-state index in [-0.39, 0.29) is 23.3 Å². The van der Waals surface area contributed by atoms with Gasteiger partial charge in [0.2, 0.25) is 0 Å². The van der Waals surface area contributed by atoms with Crippen molar-refractivity contribution in [3.63, 3.8) is 0 Å². The van der Waals surface area contributed by atoms with Crippen LogP contribution >= 0.6 is 0 Å². The number of alkyl halides is 3. The second-order valence-corrected chi connectivity index (χ2v) is 8.04. The summed E-state index contributed by atoms with van der Waals surface area (Å²) in [4.78, 5) is 31.4. The van der Waals surface area contributed by atoms with Crippen LogP contribution < -0.4 is 0 Å². The fraction of sp³-hybridized carbons (Fsp3) is 0.500. The quantitative estimate of drug-likeness (QED) is 0.728. The number of hydrogen-bond acceptors (Lipinski definition) is 3. The Labute approximate surface area is 173 Å². The normalized spacial score (nSPS) is 19.5. The van der Waals surface area contributed by atoms with Gasteiger partial charge >= 0.3 is 6.18 Å². The largest absolute Gasteiger partial charge is 0.416 e. The van der Waals surface area contributed by atoms with Crippen molar-refractivity contribution in [1.82, 2.24) is 14.5 Å². The van der Waals surface area contributed by atoms with Crippen molar-refractivity contribution in [1.29, 1.82) is 0 Å². The number of amides is 1. The van der Waals surface area contributed by atoms with Crippen molar-refractivity contribution in [2.45, 2.75) is 51.2 Å². The van der Waals surface area contributed by atoms with Crippen molar-refractivity contribution in [3.8, 4) is 0 Å². The average Bonchev–Trinajstić information content (AvgIpc) is 3.04. The summed E-state index contributed by atoms with van der Waals surface area (Å²) in [5, 5.41) is 0. The van der Waals surface area contributed by atoms with Gasteiger partial charge in [-0.15, -0.1) is 0 Å². The van der Waals surface area contributed by atoms with E-state index in [2.05, 4.69) is 4.98 Å². The Balaban J connectivity index is 1.69. The Hall–Kier alpha value is -2.64. The average molecular weight is 421 g/mol. The molecule has 30 heavy (non-hydrogen) atoms. The molecule has 1 saturated carbocycles. The standard InChI is InChI=1S/C22H26F3N3O2/c1-14-19(27(2)13-26-14)12-20(29)15-6-5-9-18(11-15)28(3)21(30)16-7-4-8-17(10-16)22(23,24)25/h4,7-8,10,13,15,18H,5-6,9,11-12H2,1-3H3. The molecule has 2 atom stereocenters. The summed E-state index contributed by atoms with van der Waals surface area (Å²) in [6.07, 6.45) is 0.297. The molecule has 0 spiro atoms. The van der Waals surface area contributed by atoms with E-state index in [0.717, 1.165) is 42.8 Å². The van der Waals surface area contributed by atoms with E-state index >= 15 is 0 Å². The summed E-state index contributed by atoms with van der Waals surface area (Å²) >= 11 is 0. The van der Waals surface area contributed by atoms with Gasteiger partial charge in [0.1, 0.15) is 5.78 Å². The van der Waals surface area contributed by atoms with Crippen molar-refractivity contribution in [2.75, 3.05) is 7.05 Å². The molecule has 1 aliphatic rings. The molecule has 1 aromatic carbocycles. The van der Waals surface area contributed by atoms with Gasteiger partial charge in [-0.2, -0.15) is 13.2 Å². The van der Waals surface area contributed by atoms with Crippen LogP contribution in [0.2, 0.25) is 0 Å². The second-order valence-electron chi connectivity index (χ2n) is 8.04. The minimum Gasteiger partial charge on any atom is -0.339 e. The van der Waals surface area contributed by atoms with E-state index in [9.17, 15) is 22.8 Å². The fourth-order valence-corrected chi connectivity index (χ4v) is 4.14. The first-order valence-corrected chi connectivity index (χ1v) is 10.0. The molecule has 2 aromatic rings. The first-order valence-electron chi connectivity index (χ1n) is 10.0. The summed E-state index contributed by atoms with van der Waals surface area (Å²) in [7, 11) is 3.46. The topological polar surface area (TPSA) is 55.2 Å². The van der Waals surface area contributed by atoms with Gasteiger partial charge in [0.15, 0.2) is 0 Å². The van der Waals surface area contributed by atoms with E-state index in [0.29, 0.717) is 12.8 Å². The highest BCUT2D eigenvalue weighted by Gasteiger charge is 2.34. The number of ketones is 1. The molecular weight excluding hydrogens is 395 g/mol. The van der Waals surface area contributed by atoms with Gasteiger partial charge in [0, 0.05) is 43.7 Å². The number of imidazole rings is 1. The van der Waals surface area contributed by atoms with Crippen molar-refractivity contribution < 1.29 is 22.8 Å². The van der Waals surface area contributed by atoms with Gasteiger partial charge < -0.3 is 9.47 Å². The molecule has 1 aromatic heterocycles. The first kappa shape index (κ1) is 22.1. The first-order chi connectivity index (χ1) is 14.1. The van der Waals surface area contributed by atoms with Gasteiger partial charge in [0.25, 0.3) is 5.91 Å². The number of hydrogen-bond donors (Lipinski definition) is 0. The van der Waals surface area contributed by atoms with Crippen LogP contribution in [0, 0.1) is 12.8 Å². The number of benzene rings is 1. The Morgan fingerprint density at radius 1 is 1.27 bits per heavy atom. The van der Waals surface area contributed by atoms with E-state index in [1.54, 1.807) is 13.4 Å². The number of nitrogens with zero attached hydrogens (tertiary/aromatic N) is 3. The number of carbonyl (C=O) groups is 2. The molecular formula is C22H26F3N3O2. The summed E-state index contributed by atoms with van der Waals surface area (Å²) in [5.41, 5.74) is 0.877. The number of aromatic nitrogens is 2. The number of Topliss-reactive ketones (excluding diaryl/α,β-unsaturated/α-hetero) is 1. The highest BCUT2D eigenvalue weighted by Crippen LogP contribution is 2.32. The SMILES string of the molecule is Cc1ncn(C)c1CC(=O)C1CCCC(N(C)C(=O)c2cccc(C(F)(F)F)c2)C1. The number of aryl methyl sites for hydroxylation is 2. The second kappa shape index (κ2) is 8.62. The highest BCUT2D eigenvalue weighted by molar-refractivity contribution is 5.94. The predicted octanol–water partition coefficient (Wildman–Crippen LogP) is 4.19. The van der Waals surface area contributed by atoms with Gasteiger partial charge in [-0.1, -0.05) is 12.5 Å². The Morgan fingerprint density at radius 2 is 2.00 bits per heavy atom. The summed E-state index contributed by atoms with van der Waals surface area (Å²) in [5.74, 6) is -0.511. The molecule has 0 aliphatic heterocycles. The van der Waals surface area contributed by atoms with Gasteiger partial charge in [0.05, 0.1) is 17.6 Å². The van der Waals surface area contributed by atoms with Crippen molar-refractivity contribution >= 4 is 11.7 Å². The smallest absolute Gasteiger partial charge is 0.339 e. The van der Waals surface area contributed by atoms with Crippen LogP contribution in [0.15, 0.2) is 30.6 Å². The summed E-state index contributed by atoms with van der Waals surface area (Å²) in [6, 6.07) is 4.29. The van der Waals surface area contributed by atoms with E-state index in [1.165, 1.54) is 17.0 Å². The molecule has 3 rings (SSSR count). The molecule has 0 saturated heterocycles. The van der Waals surface area contributed by atoms with Crippen LogP contribution in [-0.4, -0.2) is 39.2 Å². The van der Waals surface area contributed by atoms with Crippen LogP contribution in [0.1, 0.15) is 53.0 Å². The lowest BCUT2D eigenvalue weighted by atomic mass is 9.81. The minimum atomic E-state index is -4.50. The third-order valence-electron chi connectivity index (χ3n) is 6.02. The maximum atomic E-state index is 13.0. The zero-order chi connectivity index (χ0) is 22.1. The van der Waals surface area contributed by atoms with E-state index < -0.39 is 17.6 Å². The lowest BCUT2D eigenvalue weighted by molar-refractivity contribution is -0.137. The van der Waals surface area contributed by atoms with Gasteiger partial charge in [-0.05, 0) is 44.4 Å². The lowest BCUT2D eigenvalue weighted by Gasteiger charge is -2.35. The van der Waals surface area contributed by atoms with Crippen LogP contribution in [0.3, 0.4) is 0 Å². The Morgan fingerprint density at radius 3 is 2.63 bits per heavy atom. The van der Waals surface area contributed by atoms with Crippen molar-refractivity contribution in [2.24, 2.45) is 13.0 Å². The number of carbonyl (C=O) groups excluding carboxylic acids is 2. The molecule has 5 nitrogen and oxygen atoms in total. The molecule has 8 heteroatoms. The molecule has 0 bridgehead atoms. The predicted molar refractivity (Wildman–Crippen MR) is 106 cm³/mol. The van der Waals surface area contributed by atoms with Gasteiger partial charge in [-0.25, -0.2) is 4.98 Å². The van der Waals surface area contributed by atoms with Gasteiger partial charge in [-0.3, -0.25) is 9.59 Å². The van der Waals surface area contributed by atoms with Crippen LogP contribution in [0.4, 0.5) is 13.2 Å². The van der Waals surface area contributed by atoms with E-state index in [1.807, 2.05) is 18.5 Å². The number of rotatable bonds is 5. The molecule has 1 aliphatic carbocycles. The monoisotopic (exact) mass is 421 g/mol. The molecule has 162 valence electrons. The third kappa shape index (κ3) is 4.74. The molecule has 0 radical (unpaired) electrons. The minimum absolute atomic E-state index is 0.00582. The highest BCUT2D eigenvalue weighted by atomic mass is 19.4. The third-order valence-corrected chi connectivity index (χ3v) is 6.02. The maximum absolute atomic E-state index is 13.0.